The Balaban J connectivity index is 1.62. The molecule has 2 heterocycles. The topological polar surface area (TPSA) is 49.6 Å². The molecule has 0 aromatic carbocycles. The highest BCUT2D eigenvalue weighted by Gasteiger charge is 2.27. The number of pyridine rings is 1. The molecule has 0 amide bonds. The van der Waals surface area contributed by atoms with Gasteiger partial charge in [0, 0.05) is 19.3 Å². The first-order chi connectivity index (χ1) is 10.2. The van der Waals surface area contributed by atoms with Crippen LogP contribution in [0, 0.1) is 6.92 Å². The number of fused-ring (bicyclic) bond motifs is 1. The fourth-order valence-corrected chi connectivity index (χ4v) is 3.25. The summed E-state index contributed by atoms with van der Waals surface area (Å²) in [5.74, 6) is 0. The van der Waals surface area contributed by atoms with Gasteiger partial charge in [-0.05, 0) is 31.4 Å². The van der Waals surface area contributed by atoms with Crippen LogP contribution >= 0.6 is 0 Å². The van der Waals surface area contributed by atoms with Gasteiger partial charge >= 0.3 is 0 Å². The molecular weight excluding hydrogens is 262 g/mol. The molecule has 0 spiro atoms. The lowest BCUT2D eigenvalue weighted by molar-refractivity contribution is 0.0249. The van der Waals surface area contributed by atoms with Crippen LogP contribution in [0.5, 0.6) is 0 Å². The van der Waals surface area contributed by atoms with Crippen LogP contribution in [-0.2, 0) is 6.54 Å². The second-order valence-corrected chi connectivity index (χ2v) is 6.43. The first-order valence-electron chi connectivity index (χ1n) is 8.02. The molecular formula is C17H25N3O. The molecule has 0 aliphatic heterocycles. The van der Waals surface area contributed by atoms with Crippen molar-refractivity contribution in [3.63, 3.8) is 0 Å². The molecule has 114 valence electrons. The number of aliphatic hydroxyl groups is 1. The van der Waals surface area contributed by atoms with E-state index < -0.39 is 5.60 Å². The number of nitrogens with zero attached hydrogens (tertiary/aromatic N) is 2. The molecule has 0 radical (unpaired) electrons. The highest BCUT2D eigenvalue weighted by Crippen LogP contribution is 2.26. The monoisotopic (exact) mass is 287 g/mol. The van der Waals surface area contributed by atoms with Crippen LogP contribution in [-0.4, -0.2) is 26.6 Å². The van der Waals surface area contributed by atoms with E-state index in [0.717, 1.165) is 43.6 Å². The molecule has 0 bridgehead atoms. The Hall–Kier alpha value is -1.39. The Bertz CT molecular complexity index is 597. The molecule has 1 aliphatic rings. The van der Waals surface area contributed by atoms with Crippen LogP contribution in [0.25, 0.3) is 5.65 Å². The summed E-state index contributed by atoms with van der Waals surface area (Å²) in [6.45, 7) is 3.50. The molecule has 0 atom stereocenters. The Morgan fingerprint density at radius 2 is 2.00 bits per heavy atom. The number of aromatic nitrogens is 2. The van der Waals surface area contributed by atoms with Crippen molar-refractivity contribution in [3.05, 3.63) is 35.8 Å². The van der Waals surface area contributed by atoms with E-state index in [1.54, 1.807) is 0 Å². The minimum absolute atomic E-state index is 0.521. The zero-order valence-electron chi connectivity index (χ0n) is 12.8. The molecule has 2 aromatic heterocycles. The summed E-state index contributed by atoms with van der Waals surface area (Å²) in [5.41, 5.74) is 2.83. The van der Waals surface area contributed by atoms with Gasteiger partial charge in [-0.25, -0.2) is 4.98 Å². The van der Waals surface area contributed by atoms with Crippen molar-refractivity contribution in [2.45, 2.75) is 57.6 Å². The number of rotatable bonds is 4. The maximum absolute atomic E-state index is 10.7. The maximum atomic E-state index is 10.7. The third-order valence-electron chi connectivity index (χ3n) is 4.52. The van der Waals surface area contributed by atoms with Gasteiger partial charge < -0.3 is 14.8 Å². The minimum Gasteiger partial charge on any atom is -0.389 e. The average molecular weight is 287 g/mol. The molecule has 2 N–H and O–H groups in total. The van der Waals surface area contributed by atoms with E-state index in [2.05, 4.69) is 33.9 Å². The first-order valence-corrected chi connectivity index (χ1v) is 8.02. The van der Waals surface area contributed by atoms with E-state index in [-0.39, 0.29) is 0 Å². The normalized spacial score (nSPS) is 18.8. The molecule has 21 heavy (non-hydrogen) atoms. The molecule has 3 rings (SSSR count). The first kappa shape index (κ1) is 14.5. The van der Waals surface area contributed by atoms with Gasteiger partial charge in [0.05, 0.1) is 17.5 Å². The summed E-state index contributed by atoms with van der Waals surface area (Å²) < 4.78 is 2.12. The van der Waals surface area contributed by atoms with Crippen molar-refractivity contribution in [1.82, 2.24) is 14.7 Å². The number of nitrogens with one attached hydrogen (secondary N) is 1. The molecule has 4 heteroatoms. The lowest BCUT2D eigenvalue weighted by Crippen LogP contribution is -2.40. The third-order valence-corrected chi connectivity index (χ3v) is 4.52. The predicted octanol–water partition coefficient (Wildman–Crippen LogP) is 2.82. The summed E-state index contributed by atoms with van der Waals surface area (Å²) >= 11 is 0. The second kappa shape index (κ2) is 6.16. The fraction of sp³-hybridized carbons (Fsp3) is 0.588. The summed E-state index contributed by atoms with van der Waals surface area (Å²) in [6.07, 6.45) is 10.7. The van der Waals surface area contributed by atoms with Crippen LogP contribution in [0.2, 0.25) is 0 Å². The maximum Gasteiger partial charge on any atom is 0.136 e. The zero-order valence-corrected chi connectivity index (χ0v) is 12.8. The number of hydrogen-bond acceptors (Lipinski definition) is 3. The minimum atomic E-state index is -0.521. The van der Waals surface area contributed by atoms with Crippen LogP contribution < -0.4 is 5.32 Å². The van der Waals surface area contributed by atoms with Gasteiger partial charge in [-0.3, -0.25) is 0 Å². The van der Waals surface area contributed by atoms with Gasteiger partial charge in [0.25, 0.3) is 0 Å². The molecule has 4 nitrogen and oxygen atoms in total. The predicted molar refractivity (Wildman–Crippen MR) is 84.3 cm³/mol. The van der Waals surface area contributed by atoms with Crippen molar-refractivity contribution in [2.24, 2.45) is 0 Å². The number of aryl methyl sites for hydroxylation is 1. The Morgan fingerprint density at radius 3 is 2.76 bits per heavy atom. The molecule has 1 saturated carbocycles. The van der Waals surface area contributed by atoms with E-state index in [1.165, 1.54) is 18.4 Å². The highest BCUT2D eigenvalue weighted by molar-refractivity contribution is 5.41. The van der Waals surface area contributed by atoms with Crippen LogP contribution in [0.1, 0.15) is 49.8 Å². The standard InChI is InChI=1S/C17H25N3O/c1-14-6-7-16-19-11-15(20(16)12-14)10-18-13-17(21)8-4-2-3-5-9-17/h6-7,11-12,18,21H,2-5,8-10,13H2,1H3. The summed E-state index contributed by atoms with van der Waals surface area (Å²) in [7, 11) is 0. The summed E-state index contributed by atoms with van der Waals surface area (Å²) in [4.78, 5) is 4.42. The SMILES string of the molecule is Cc1ccc2ncc(CNCC3(O)CCCCCC3)n2c1. The van der Waals surface area contributed by atoms with Crippen molar-refractivity contribution in [1.29, 1.82) is 0 Å². The quantitative estimate of drug-likeness (QED) is 0.850. The second-order valence-electron chi connectivity index (χ2n) is 6.43. The van der Waals surface area contributed by atoms with Crippen molar-refractivity contribution in [3.8, 4) is 0 Å². The molecule has 2 aromatic rings. The fourth-order valence-electron chi connectivity index (χ4n) is 3.25. The van der Waals surface area contributed by atoms with Crippen molar-refractivity contribution >= 4 is 5.65 Å². The van der Waals surface area contributed by atoms with E-state index >= 15 is 0 Å². The van der Waals surface area contributed by atoms with Crippen molar-refractivity contribution in [2.75, 3.05) is 6.54 Å². The summed E-state index contributed by atoms with van der Waals surface area (Å²) in [5, 5.41) is 14.1. The highest BCUT2D eigenvalue weighted by atomic mass is 16.3. The smallest absolute Gasteiger partial charge is 0.136 e. The van der Waals surface area contributed by atoms with E-state index in [1.807, 2.05) is 12.3 Å². The van der Waals surface area contributed by atoms with E-state index in [0.29, 0.717) is 6.54 Å². The van der Waals surface area contributed by atoms with Gasteiger partial charge in [0.15, 0.2) is 0 Å². The number of imidazole rings is 1. The average Bonchev–Trinajstić information content (AvgIpc) is 2.72. The molecule has 0 saturated heterocycles. The van der Waals surface area contributed by atoms with E-state index in [4.69, 9.17) is 0 Å². The molecule has 1 aliphatic carbocycles. The lowest BCUT2D eigenvalue weighted by Gasteiger charge is -2.26. The Morgan fingerprint density at radius 1 is 1.24 bits per heavy atom. The van der Waals surface area contributed by atoms with E-state index in [9.17, 15) is 5.11 Å². The Kier molecular flexibility index (Phi) is 4.27. The van der Waals surface area contributed by atoms with Crippen LogP contribution in [0.4, 0.5) is 0 Å². The largest absolute Gasteiger partial charge is 0.389 e. The van der Waals surface area contributed by atoms with Crippen LogP contribution in [0.3, 0.4) is 0 Å². The van der Waals surface area contributed by atoms with Gasteiger partial charge in [0.2, 0.25) is 0 Å². The van der Waals surface area contributed by atoms with Gasteiger partial charge in [-0.15, -0.1) is 0 Å². The molecule has 1 fully saturated rings. The van der Waals surface area contributed by atoms with Crippen molar-refractivity contribution < 1.29 is 5.11 Å². The molecule has 0 unspecified atom stereocenters. The zero-order chi connectivity index (χ0) is 14.7. The lowest BCUT2D eigenvalue weighted by atomic mass is 9.94. The number of hydrogen-bond donors (Lipinski definition) is 2. The third kappa shape index (κ3) is 3.44. The van der Waals surface area contributed by atoms with Gasteiger partial charge in [-0.2, -0.15) is 0 Å². The van der Waals surface area contributed by atoms with Crippen LogP contribution in [0.15, 0.2) is 24.5 Å². The summed E-state index contributed by atoms with van der Waals surface area (Å²) in [6, 6.07) is 4.12. The Labute approximate surface area is 126 Å². The van der Waals surface area contributed by atoms with Gasteiger partial charge in [-0.1, -0.05) is 31.7 Å². The van der Waals surface area contributed by atoms with Gasteiger partial charge in [0.1, 0.15) is 5.65 Å².